The highest BCUT2D eigenvalue weighted by Crippen LogP contribution is 2.14. The van der Waals surface area contributed by atoms with Crippen molar-refractivity contribution in [2.24, 2.45) is 0 Å². The number of benzene rings is 1. The zero-order chi connectivity index (χ0) is 13.7. The monoisotopic (exact) mass is 258 g/mol. The molecule has 0 N–H and O–H groups in total. The molecule has 2 aromatic rings. The Morgan fingerprint density at radius 3 is 2.63 bits per heavy atom. The number of carbonyl (C=O) groups is 1. The number of carbonyl (C=O) groups excluding carboxylic acids is 1. The summed E-state index contributed by atoms with van der Waals surface area (Å²) < 4.78 is 7.33. The molecule has 1 aromatic heterocycles. The molecular weight excluding hydrogens is 240 g/mol. The molecule has 0 fully saturated rings. The van der Waals surface area contributed by atoms with Crippen LogP contribution >= 0.6 is 0 Å². The van der Waals surface area contributed by atoms with E-state index in [-0.39, 0.29) is 5.78 Å². The molecule has 0 amide bonds. The number of aromatic nitrogens is 2. The smallest absolute Gasteiger partial charge is 0.170 e. The number of rotatable bonds is 6. The van der Waals surface area contributed by atoms with Crippen LogP contribution < -0.4 is 4.74 Å². The Morgan fingerprint density at radius 1 is 1.26 bits per heavy atom. The van der Waals surface area contributed by atoms with Crippen molar-refractivity contribution in [1.82, 2.24) is 9.55 Å². The average Bonchev–Trinajstić information content (AvgIpc) is 2.87. The van der Waals surface area contributed by atoms with Gasteiger partial charge in [0.2, 0.25) is 0 Å². The third kappa shape index (κ3) is 3.22. The number of imidazole rings is 1. The van der Waals surface area contributed by atoms with Gasteiger partial charge in [0.25, 0.3) is 0 Å². The van der Waals surface area contributed by atoms with Crippen LogP contribution in [0.1, 0.15) is 30.0 Å². The lowest BCUT2D eigenvalue weighted by Gasteiger charge is -2.06. The van der Waals surface area contributed by atoms with Gasteiger partial charge in [0.15, 0.2) is 5.78 Å². The molecule has 4 nitrogen and oxygen atoms in total. The summed E-state index contributed by atoms with van der Waals surface area (Å²) in [5, 5.41) is 0. The van der Waals surface area contributed by atoms with E-state index in [0.717, 1.165) is 18.1 Å². The van der Waals surface area contributed by atoms with Crippen LogP contribution in [0.15, 0.2) is 36.7 Å². The summed E-state index contributed by atoms with van der Waals surface area (Å²) in [4.78, 5) is 16.4. The van der Waals surface area contributed by atoms with E-state index in [1.54, 1.807) is 18.3 Å². The van der Waals surface area contributed by atoms with Crippen molar-refractivity contribution in [1.29, 1.82) is 0 Å². The number of Topliss-reactive ketones (excluding diaryl/α,β-unsaturated/α-hetero) is 1. The normalized spacial score (nSPS) is 10.4. The van der Waals surface area contributed by atoms with Gasteiger partial charge in [0.05, 0.1) is 13.0 Å². The van der Waals surface area contributed by atoms with E-state index in [1.165, 1.54) is 0 Å². The summed E-state index contributed by atoms with van der Waals surface area (Å²) in [5.41, 5.74) is 0.689. The second kappa shape index (κ2) is 6.18. The molecule has 0 aliphatic heterocycles. The first-order valence-corrected chi connectivity index (χ1v) is 6.50. The third-order valence-electron chi connectivity index (χ3n) is 2.95. The number of hydrogen-bond acceptors (Lipinski definition) is 3. The molecular formula is C15H18N2O2. The minimum Gasteiger partial charge on any atom is -0.494 e. The van der Waals surface area contributed by atoms with Crippen molar-refractivity contribution < 1.29 is 9.53 Å². The largest absolute Gasteiger partial charge is 0.494 e. The Bertz CT molecular complexity index is 544. The van der Waals surface area contributed by atoms with Crippen LogP contribution in [0.25, 0.3) is 0 Å². The second-order valence-corrected chi connectivity index (χ2v) is 4.19. The predicted molar refractivity (Wildman–Crippen MR) is 73.5 cm³/mol. The van der Waals surface area contributed by atoms with Crippen LogP contribution in [0, 0.1) is 0 Å². The third-order valence-corrected chi connectivity index (χ3v) is 2.95. The van der Waals surface area contributed by atoms with Gasteiger partial charge in [-0.05, 0) is 38.1 Å². The quantitative estimate of drug-likeness (QED) is 0.748. The van der Waals surface area contributed by atoms with Gasteiger partial charge >= 0.3 is 0 Å². The molecule has 0 atom stereocenters. The molecule has 1 aromatic carbocycles. The molecule has 100 valence electrons. The summed E-state index contributed by atoms with van der Waals surface area (Å²) >= 11 is 0. The Labute approximate surface area is 113 Å². The lowest BCUT2D eigenvalue weighted by Crippen LogP contribution is -2.09. The zero-order valence-corrected chi connectivity index (χ0v) is 11.3. The van der Waals surface area contributed by atoms with E-state index in [1.807, 2.05) is 36.7 Å². The van der Waals surface area contributed by atoms with Gasteiger partial charge in [-0.25, -0.2) is 4.98 Å². The van der Waals surface area contributed by atoms with Gasteiger partial charge in [0.1, 0.15) is 11.6 Å². The Balaban J connectivity index is 2.07. The lowest BCUT2D eigenvalue weighted by molar-refractivity contribution is 0.0989. The van der Waals surface area contributed by atoms with Crippen molar-refractivity contribution in [2.75, 3.05) is 6.61 Å². The maximum atomic E-state index is 12.2. The molecule has 0 unspecified atom stereocenters. The predicted octanol–water partition coefficient (Wildman–Crippen LogP) is 2.73. The highest BCUT2D eigenvalue weighted by molar-refractivity contribution is 5.97. The zero-order valence-electron chi connectivity index (χ0n) is 11.3. The molecule has 0 spiro atoms. The number of aryl methyl sites for hydroxylation is 1. The molecule has 0 aliphatic rings. The molecule has 0 aliphatic carbocycles. The standard InChI is InChI=1S/C15H18N2O2/c1-3-17-10-9-16-15(17)11-14(18)12-5-7-13(8-6-12)19-4-2/h5-10H,3-4,11H2,1-2H3. The molecule has 0 bridgehead atoms. The summed E-state index contributed by atoms with van der Waals surface area (Å²) in [7, 11) is 0. The maximum absolute atomic E-state index is 12.2. The lowest BCUT2D eigenvalue weighted by atomic mass is 10.1. The summed E-state index contributed by atoms with van der Waals surface area (Å²) in [6.07, 6.45) is 3.94. The fraction of sp³-hybridized carbons (Fsp3) is 0.333. The maximum Gasteiger partial charge on any atom is 0.170 e. The van der Waals surface area contributed by atoms with E-state index in [0.29, 0.717) is 18.6 Å². The van der Waals surface area contributed by atoms with E-state index < -0.39 is 0 Å². The van der Waals surface area contributed by atoms with Crippen molar-refractivity contribution in [3.63, 3.8) is 0 Å². The molecule has 0 saturated heterocycles. The van der Waals surface area contributed by atoms with Crippen molar-refractivity contribution in [2.45, 2.75) is 26.8 Å². The van der Waals surface area contributed by atoms with Gasteiger partial charge in [-0.15, -0.1) is 0 Å². The van der Waals surface area contributed by atoms with E-state index in [4.69, 9.17) is 4.74 Å². The number of nitrogens with zero attached hydrogens (tertiary/aromatic N) is 2. The minimum atomic E-state index is 0.0731. The van der Waals surface area contributed by atoms with E-state index in [2.05, 4.69) is 4.98 Å². The first-order valence-electron chi connectivity index (χ1n) is 6.50. The van der Waals surface area contributed by atoms with Crippen molar-refractivity contribution in [3.8, 4) is 5.75 Å². The fourth-order valence-electron chi connectivity index (χ4n) is 1.94. The van der Waals surface area contributed by atoms with Gasteiger partial charge < -0.3 is 9.30 Å². The van der Waals surface area contributed by atoms with Crippen LogP contribution in [0.4, 0.5) is 0 Å². The SMILES string of the molecule is CCOc1ccc(C(=O)Cc2nccn2CC)cc1. The average molecular weight is 258 g/mol. The van der Waals surface area contributed by atoms with Gasteiger partial charge in [0, 0.05) is 24.5 Å². The minimum absolute atomic E-state index is 0.0731. The first kappa shape index (κ1) is 13.3. The van der Waals surface area contributed by atoms with Crippen LogP contribution in [-0.2, 0) is 13.0 Å². The highest BCUT2D eigenvalue weighted by atomic mass is 16.5. The number of ketones is 1. The Hall–Kier alpha value is -2.10. The van der Waals surface area contributed by atoms with E-state index >= 15 is 0 Å². The molecule has 0 radical (unpaired) electrons. The Kier molecular flexibility index (Phi) is 4.34. The van der Waals surface area contributed by atoms with Gasteiger partial charge in [-0.3, -0.25) is 4.79 Å². The molecule has 1 heterocycles. The summed E-state index contributed by atoms with van der Waals surface area (Å²) in [6, 6.07) is 7.24. The summed E-state index contributed by atoms with van der Waals surface area (Å²) in [6.45, 7) is 5.42. The Morgan fingerprint density at radius 2 is 2.00 bits per heavy atom. The van der Waals surface area contributed by atoms with Gasteiger partial charge in [-0.2, -0.15) is 0 Å². The first-order chi connectivity index (χ1) is 9.24. The van der Waals surface area contributed by atoms with Crippen molar-refractivity contribution >= 4 is 5.78 Å². The molecule has 19 heavy (non-hydrogen) atoms. The molecule has 2 rings (SSSR count). The van der Waals surface area contributed by atoms with Crippen molar-refractivity contribution in [3.05, 3.63) is 48.0 Å². The summed E-state index contributed by atoms with van der Waals surface area (Å²) in [5.74, 6) is 1.67. The van der Waals surface area contributed by atoms with Crippen LogP contribution in [0.3, 0.4) is 0 Å². The molecule has 0 saturated carbocycles. The van der Waals surface area contributed by atoms with Crippen LogP contribution in [-0.4, -0.2) is 21.9 Å². The molecule has 4 heteroatoms. The highest BCUT2D eigenvalue weighted by Gasteiger charge is 2.10. The number of ether oxygens (including phenoxy) is 1. The van der Waals surface area contributed by atoms with Crippen LogP contribution in [0.2, 0.25) is 0 Å². The van der Waals surface area contributed by atoms with Gasteiger partial charge in [-0.1, -0.05) is 0 Å². The fourth-order valence-corrected chi connectivity index (χ4v) is 1.94. The van der Waals surface area contributed by atoms with E-state index in [9.17, 15) is 4.79 Å². The topological polar surface area (TPSA) is 44.1 Å². The number of hydrogen-bond donors (Lipinski definition) is 0. The van der Waals surface area contributed by atoms with Crippen LogP contribution in [0.5, 0.6) is 5.75 Å². The second-order valence-electron chi connectivity index (χ2n) is 4.19.